The van der Waals surface area contributed by atoms with Gasteiger partial charge >= 0.3 is 0 Å². The molecule has 1 aromatic rings. The lowest BCUT2D eigenvalue weighted by molar-refractivity contribution is 0.851. The average Bonchev–Trinajstić information content (AvgIpc) is 1.99. The van der Waals surface area contributed by atoms with Gasteiger partial charge in [-0.15, -0.1) is 0 Å². The van der Waals surface area contributed by atoms with Crippen molar-refractivity contribution in [3.63, 3.8) is 0 Å². The summed E-state index contributed by atoms with van der Waals surface area (Å²) in [6, 6.07) is 3.61. The average molecular weight is 200 g/mol. The quantitative estimate of drug-likeness (QED) is 0.504. The number of rotatable bonds is 2. The SMILES string of the molecule is Cc1cc(NC(C)N)c(Cl)cc1N. The molecule has 0 aliphatic carbocycles. The fourth-order valence-corrected chi connectivity index (χ4v) is 1.28. The van der Waals surface area contributed by atoms with E-state index in [-0.39, 0.29) is 6.17 Å². The van der Waals surface area contributed by atoms with Gasteiger partial charge in [0.2, 0.25) is 0 Å². The van der Waals surface area contributed by atoms with E-state index in [1.807, 2.05) is 19.9 Å². The molecule has 0 fully saturated rings. The summed E-state index contributed by atoms with van der Waals surface area (Å²) in [5.41, 5.74) is 13.8. The van der Waals surface area contributed by atoms with Crippen molar-refractivity contribution in [2.24, 2.45) is 5.73 Å². The maximum atomic E-state index is 5.95. The molecule has 0 saturated heterocycles. The highest BCUT2D eigenvalue weighted by molar-refractivity contribution is 6.33. The lowest BCUT2D eigenvalue weighted by Crippen LogP contribution is -2.25. The zero-order chi connectivity index (χ0) is 10.0. The zero-order valence-electron chi connectivity index (χ0n) is 7.76. The summed E-state index contributed by atoms with van der Waals surface area (Å²) in [7, 11) is 0. The Labute approximate surface area is 83.1 Å². The lowest BCUT2D eigenvalue weighted by Gasteiger charge is -2.13. The van der Waals surface area contributed by atoms with Crippen molar-refractivity contribution in [3.8, 4) is 0 Å². The third kappa shape index (κ3) is 2.50. The Kier molecular flexibility index (Phi) is 3.01. The van der Waals surface area contributed by atoms with E-state index in [9.17, 15) is 0 Å². The van der Waals surface area contributed by atoms with Crippen LogP contribution in [0.5, 0.6) is 0 Å². The smallest absolute Gasteiger partial charge is 0.0714 e. The summed E-state index contributed by atoms with van der Waals surface area (Å²) in [6.45, 7) is 3.78. The van der Waals surface area contributed by atoms with Gasteiger partial charge in [0.1, 0.15) is 0 Å². The van der Waals surface area contributed by atoms with E-state index < -0.39 is 0 Å². The van der Waals surface area contributed by atoms with Crippen LogP contribution in [0.15, 0.2) is 12.1 Å². The number of hydrogen-bond acceptors (Lipinski definition) is 3. The van der Waals surface area contributed by atoms with Gasteiger partial charge in [-0.2, -0.15) is 0 Å². The molecule has 0 spiro atoms. The Morgan fingerprint density at radius 1 is 1.46 bits per heavy atom. The van der Waals surface area contributed by atoms with Crippen LogP contribution < -0.4 is 16.8 Å². The molecule has 0 aliphatic heterocycles. The molecule has 0 heterocycles. The van der Waals surface area contributed by atoms with Crippen LogP contribution in [0.25, 0.3) is 0 Å². The van der Waals surface area contributed by atoms with Crippen LogP contribution in [0, 0.1) is 6.92 Å². The Balaban J connectivity index is 3.01. The van der Waals surface area contributed by atoms with Crippen LogP contribution >= 0.6 is 11.6 Å². The number of nitrogens with two attached hydrogens (primary N) is 2. The van der Waals surface area contributed by atoms with Crippen LogP contribution in [-0.2, 0) is 0 Å². The Bertz CT molecular complexity index is 310. The molecular formula is C9H14ClN3. The second kappa shape index (κ2) is 3.85. The van der Waals surface area contributed by atoms with Crippen molar-refractivity contribution in [2.75, 3.05) is 11.1 Å². The van der Waals surface area contributed by atoms with Gasteiger partial charge in [-0.25, -0.2) is 0 Å². The highest BCUT2D eigenvalue weighted by atomic mass is 35.5. The van der Waals surface area contributed by atoms with E-state index in [1.54, 1.807) is 6.07 Å². The van der Waals surface area contributed by atoms with Gasteiger partial charge in [0.05, 0.1) is 16.9 Å². The van der Waals surface area contributed by atoms with E-state index in [0.29, 0.717) is 10.7 Å². The number of aryl methyl sites for hydroxylation is 1. The number of anilines is 2. The summed E-state index contributed by atoms with van der Waals surface area (Å²) < 4.78 is 0. The van der Waals surface area contributed by atoms with Gasteiger partial charge in [-0.05, 0) is 31.5 Å². The van der Waals surface area contributed by atoms with Gasteiger partial charge in [0, 0.05) is 5.69 Å². The molecule has 13 heavy (non-hydrogen) atoms. The molecule has 0 aliphatic rings. The van der Waals surface area contributed by atoms with E-state index in [2.05, 4.69) is 5.32 Å². The molecular weight excluding hydrogens is 186 g/mol. The Morgan fingerprint density at radius 3 is 2.62 bits per heavy atom. The van der Waals surface area contributed by atoms with Crippen molar-refractivity contribution in [2.45, 2.75) is 20.0 Å². The first kappa shape index (κ1) is 10.2. The van der Waals surface area contributed by atoms with Crippen LogP contribution in [0.4, 0.5) is 11.4 Å². The minimum absolute atomic E-state index is 0.125. The van der Waals surface area contributed by atoms with E-state index >= 15 is 0 Å². The number of nitrogen functional groups attached to an aromatic ring is 1. The topological polar surface area (TPSA) is 64.1 Å². The van der Waals surface area contributed by atoms with Gasteiger partial charge in [0.25, 0.3) is 0 Å². The second-order valence-corrected chi connectivity index (χ2v) is 3.53. The van der Waals surface area contributed by atoms with Crippen molar-refractivity contribution in [1.82, 2.24) is 0 Å². The fourth-order valence-electron chi connectivity index (χ4n) is 1.05. The number of benzene rings is 1. The summed E-state index contributed by atoms with van der Waals surface area (Å²) in [5, 5.41) is 3.63. The maximum Gasteiger partial charge on any atom is 0.0714 e. The van der Waals surface area contributed by atoms with Gasteiger partial charge in [-0.1, -0.05) is 11.6 Å². The molecule has 72 valence electrons. The number of nitrogens with one attached hydrogen (secondary N) is 1. The molecule has 3 nitrogen and oxygen atoms in total. The molecule has 0 radical (unpaired) electrons. The predicted molar refractivity (Wildman–Crippen MR) is 57.9 cm³/mol. The molecule has 5 N–H and O–H groups in total. The lowest BCUT2D eigenvalue weighted by atomic mass is 10.2. The molecule has 4 heteroatoms. The summed E-state index contributed by atoms with van der Waals surface area (Å²) in [4.78, 5) is 0. The van der Waals surface area contributed by atoms with Gasteiger partial charge in [0.15, 0.2) is 0 Å². The van der Waals surface area contributed by atoms with Crippen LogP contribution in [-0.4, -0.2) is 6.17 Å². The second-order valence-electron chi connectivity index (χ2n) is 3.12. The first-order chi connectivity index (χ1) is 6.00. The van der Waals surface area contributed by atoms with Crippen LogP contribution in [0.2, 0.25) is 5.02 Å². The monoisotopic (exact) mass is 199 g/mol. The summed E-state index contributed by atoms with van der Waals surface area (Å²) in [6.07, 6.45) is -0.125. The maximum absolute atomic E-state index is 5.95. The predicted octanol–water partition coefficient (Wildman–Crippen LogP) is 1.95. The molecule has 0 saturated carbocycles. The third-order valence-electron chi connectivity index (χ3n) is 1.74. The number of halogens is 1. The van der Waals surface area contributed by atoms with E-state index in [4.69, 9.17) is 23.1 Å². The highest BCUT2D eigenvalue weighted by Crippen LogP contribution is 2.27. The van der Waals surface area contributed by atoms with E-state index in [0.717, 1.165) is 11.3 Å². The molecule has 0 aromatic heterocycles. The standard InChI is InChI=1S/C9H14ClN3/c1-5-3-9(13-6(2)11)7(10)4-8(5)12/h3-4,6,13H,11-12H2,1-2H3. The molecule has 1 rings (SSSR count). The van der Waals surface area contributed by atoms with Crippen LogP contribution in [0.1, 0.15) is 12.5 Å². The molecule has 1 unspecified atom stereocenters. The molecule has 1 aromatic carbocycles. The Hall–Kier alpha value is -0.930. The molecule has 1 atom stereocenters. The third-order valence-corrected chi connectivity index (χ3v) is 2.05. The van der Waals surface area contributed by atoms with Gasteiger partial charge < -0.3 is 16.8 Å². The largest absolute Gasteiger partial charge is 0.398 e. The van der Waals surface area contributed by atoms with Crippen molar-refractivity contribution in [3.05, 3.63) is 22.7 Å². The number of hydrogen-bond donors (Lipinski definition) is 3. The fraction of sp³-hybridized carbons (Fsp3) is 0.333. The first-order valence-electron chi connectivity index (χ1n) is 4.08. The van der Waals surface area contributed by atoms with Crippen molar-refractivity contribution in [1.29, 1.82) is 0 Å². The van der Waals surface area contributed by atoms with Crippen LogP contribution in [0.3, 0.4) is 0 Å². The summed E-state index contributed by atoms with van der Waals surface area (Å²) >= 11 is 5.95. The van der Waals surface area contributed by atoms with Gasteiger partial charge in [-0.3, -0.25) is 0 Å². The van der Waals surface area contributed by atoms with Crippen molar-refractivity contribution >= 4 is 23.0 Å². The summed E-state index contributed by atoms with van der Waals surface area (Å²) in [5.74, 6) is 0. The normalized spacial score (nSPS) is 12.6. The highest BCUT2D eigenvalue weighted by Gasteiger charge is 2.04. The molecule has 0 amide bonds. The van der Waals surface area contributed by atoms with Crippen molar-refractivity contribution < 1.29 is 0 Å². The zero-order valence-corrected chi connectivity index (χ0v) is 8.52. The Morgan fingerprint density at radius 2 is 2.08 bits per heavy atom. The minimum atomic E-state index is -0.125. The van der Waals surface area contributed by atoms with E-state index in [1.165, 1.54) is 0 Å². The molecule has 0 bridgehead atoms. The minimum Gasteiger partial charge on any atom is -0.398 e. The first-order valence-corrected chi connectivity index (χ1v) is 4.46.